The molecule has 96 valence electrons. The summed E-state index contributed by atoms with van der Waals surface area (Å²) >= 11 is 0. The largest absolute Gasteiger partial charge is 0.387 e. The number of fused-ring (bicyclic) bond motifs is 2. The minimum Gasteiger partial charge on any atom is -0.387 e. The van der Waals surface area contributed by atoms with E-state index in [2.05, 4.69) is 10.6 Å². The van der Waals surface area contributed by atoms with E-state index in [1.54, 1.807) is 0 Å². The Morgan fingerprint density at radius 1 is 1.22 bits per heavy atom. The number of hydrogen-bond acceptors (Lipinski definition) is 2. The van der Waals surface area contributed by atoms with Gasteiger partial charge < -0.3 is 10.6 Å². The van der Waals surface area contributed by atoms with Gasteiger partial charge in [-0.2, -0.15) is 0 Å². The third-order valence-corrected chi connectivity index (χ3v) is 4.50. The number of hydrogen-bond donors (Lipinski definition) is 2. The number of carbonyl (C=O) groups is 1. The van der Waals surface area contributed by atoms with Crippen LogP contribution in [0.2, 0.25) is 0 Å². The zero-order chi connectivity index (χ0) is 12.5. The van der Waals surface area contributed by atoms with Gasteiger partial charge in [-0.25, -0.2) is 0 Å². The Morgan fingerprint density at radius 3 is 2.72 bits per heavy atom. The molecule has 1 aromatic rings. The normalized spacial score (nSPS) is 29.3. The molecule has 3 heteroatoms. The quantitative estimate of drug-likeness (QED) is 0.858. The maximum Gasteiger partial charge on any atom is 0.253 e. The molecule has 0 aliphatic heterocycles. The van der Waals surface area contributed by atoms with E-state index in [-0.39, 0.29) is 5.91 Å². The van der Waals surface area contributed by atoms with Crippen LogP contribution in [0, 0.1) is 11.8 Å². The number of carbonyl (C=O) groups excluding carboxylic acids is 1. The molecule has 0 radical (unpaired) electrons. The van der Waals surface area contributed by atoms with Gasteiger partial charge in [0.1, 0.15) is 0 Å². The molecule has 3 nitrogen and oxygen atoms in total. The smallest absolute Gasteiger partial charge is 0.253 e. The Bertz CT molecular complexity index is 458. The van der Waals surface area contributed by atoms with Crippen molar-refractivity contribution in [2.24, 2.45) is 11.8 Å². The highest BCUT2D eigenvalue weighted by molar-refractivity contribution is 5.99. The molecule has 1 aromatic carbocycles. The van der Waals surface area contributed by atoms with Gasteiger partial charge in [-0.1, -0.05) is 18.6 Å². The van der Waals surface area contributed by atoms with E-state index < -0.39 is 0 Å². The Hall–Kier alpha value is -1.51. The van der Waals surface area contributed by atoms with Crippen LogP contribution < -0.4 is 10.6 Å². The van der Waals surface area contributed by atoms with Crippen LogP contribution in [0.15, 0.2) is 24.3 Å². The van der Waals surface area contributed by atoms with Crippen molar-refractivity contribution in [3.8, 4) is 0 Å². The van der Waals surface area contributed by atoms with E-state index in [4.69, 9.17) is 0 Å². The van der Waals surface area contributed by atoms with Crippen LogP contribution in [0.5, 0.6) is 0 Å². The number of rotatable bonds is 3. The van der Waals surface area contributed by atoms with Gasteiger partial charge in [0.05, 0.1) is 5.56 Å². The van der Waals surface area contributed by atoms with Crippen LogP contribution in [-0.4, -0.2) is 19.0 Å². The summed E-state index contributed by atoms with van der Waals surface area (Å²) in [6.07, 6.45) is 5.16. The van der Waals surface area contributed by atoms with Crippen LogP contribution in [0.1, 0.15) is 36.0 Å². The van der Waals surface area contributed by atoms with Gasteiger partial charge in [0.25, 0.3) is 5.91 Å². The monoisotopic (exact) mass is 244 g/mol. The third-order valence-electron chi connectivity index (χ3n) is 4.50. The number of benzene rings is 1. The van der Waals surface area contributed by atoms with Gasteiger partial charge >= 0.3 is 0 Å². The highest BCUT2D eigenvalue weighted by atomic mass is 16.1. The van der Waals surface area contributed by atoms with Crippen molar-refractivity contribution in [1.82, 2.24) is 5.32 Å². The first kappa shape index (κ1) is 11.6. The minimum atomic E-state index is 0.0671. The van der Waals surface area contributed by atoms with Gasteiger partial charge in [0.15, 0.2) is 0 Å². The molecule has 2 bridgehead atoms. The van der Waals surface area contributed by atoms with Gasteiger partial charge in [-0.05, 0) is 43.2 Å². The lowest BCUT2D eigenvalue weighted by Crippen LogP contribution is -2.38. The Balaban J connectivity index is 1.71. The van der Waals surface area contributed by atoms with Crippen LogP contribution in [0.25, 0.3) is 0 Å². The number of nitrogens with one attached hydrogen (secondary N) is 2. The SMILES string of the molecule is CNc1ccccc1C(=O)NC1CC2CCC1C2. The second-order valence-corrected chi connectivity index (χ2v) is 5.55. The Kier molecular flexibility index (Phi) is 2.98. The van der Waals surface area contributed by atoms with Crippen LogP contribution in [0.3, 0.4) is 0 Å². The average Bonchev–Trinajstić information content (AvgIpc) is 3.01. The standard InChI is InChI=1S/C15H20N2O/c1-16-13-5-3-2-4-12(13)15(18)17-14-9-10-6-7-11(14)8-10/h2-5,10-11,14,16H,6-9H2,1H3,(H,17,18). The van der Waals surface area contributed by atoms with Crippen LogP contribution in [0.4, 0.5) is 5.69 Å². The summed E-state index contributed by atoms with van der Waals surface area (Å²) in [6.45, 7) is 0. The van der Waals surface area contributed by atoms with Crippen molar-refractivity contribution in [1.29, 1.82) is 0 Å². The average molecular weight is 244 g/mol. The third kappa shape index (κ3) is 1.98. The molecule has 1 amide bonds. The van der Waals surface area contributed by atoms with Gasteiger partial charge in [-0.15, -0.1) is 0 Å². The summed E-state index contributed by atoms with van der Waals surface area (Å²) in [4.78, 5) is 12.3. The molecule has 0 heterocycles. The molecule has 3 rings (SSSR count). The molecule has 2 saturated carbocycles. The van der Waals surface area contributed by atoms with E-state index in [0.717, 1.165) is 23.1 Å². The fourth-order valence-electron chi connectivity index (χ4n) is 3.57. The molecule has 2 fully saturated rings. The lowest BCUT2D eigenvalue weighted by atomic mass is 9.95. The molecular formula is C15H20N2O. The summed E-state index contributed by atoms with van der Waals surface area (Å²) < 4.78 is 0. The second kappa shape index (κ2) is 4.63. The van der Waals surface area contributed by atoms with Crippen molar-refractivity contribution in [3.05, 3.63) is 29.8 Å². The molecule has 2 aliphatic rings. The van der Waals surface area contributed by atoms with Gasteiger partial charge in [0, 0.05) is 18.8 Å². The Morgan fingerprint density at radius 2 is 2.06 bits per heavy atom. The fraction of sp³-hybridized carbons (Fsp3) is 0.533. The second-order valence-electron chi connectivity index (χ2n) is 5.55. The van der Waals surface area contributed by atoms with Crippen molar-refractivity contribution in [3.63, 3.8) is 0 Å². The van der Waals surface area contributed by atoms with E-state index in [9.17, 15) is 4.79 Å². The van der Waals surface area contributed by atoms with Gasteiger partial charge in [-0.3, -0.25) is 4.79 Å². The topological polar surface area (TPSA) is 41.1 Å². The van der Waals surface area contributed by atoms with Crippen molar-refractivity contribution in [2.45, 2.75) is 31.7 Å². The van der Waals surface area contributed by atoms with Crippen molar-refractivity contribution < 1.29 is 4.79 Å². The molecule has 0 aromatic heterocycles. The predicted octanol–water partition coefficient (Wildman–Crippen LogP) is 2.65. The summed E-state index contributed by atoms with van der Waals surface area (Å²) in [5.41, 5.74) is 1.65. The zero-order valence-electron chi connectivity index (χ0n) is 10.8. The predicted molar refractivity (Wildman–Crippen MR) is 72.7 cm³/mol. The molecule has 3 atom stereocenters. The van der Waals surface area contributed by atoms with Crippen molar-refractivity contribution in [2.75, 3.05) is 12.4 Å². The number of para-hydroxylation sites is 1. The molecule has 0 spiro atoms. The molecular weight excluding hydrogens is 224 g/mol. The summed E-state index contributed by atoms with van der Waals surface area (Å²) in [5.74, 6) is 1.65. The van der Waals surface area contributed by atoms with E-state index in [1.165, 1.54) is 25.7 Å². The maximum absolute atomic E-state index is 12.3. The molecule has 3 unspecified atom stereocenters. The maximum atomic E-state index is 12.3. The van der Waals surface area contributed by atoms with E-state index in [1.807, 2.05) is 31.3 Å². The fourth-order valence-corrected chi connectivity index (χ4v) is 3.57. The summed E-state index contributed by atoms with van der Waals surface area (Å²) in [6, 6.07) is 8.09. The molecule has 0 saturated heterocycles. The number of anilines is 1. The lowest BCUT2D eigenvalue weighted by Gasteiger charge is -2.23. The number of amides is 1. The molecule has 2 N–H and O–H groups in total. The van der Waals surface area contributed by atoms with Crippen LogP contribution >= 0.6 is 0 Å². The highest BCUT2D eigenvalue weighted by Gasteiger charge is 2.40. The highest BCUT2D eigenvalue weighted by Crippen LogP contribution is 2.44. The summed E-state index contributed by atoms with van der Waals surface area (Å²) in [5, 5.41) is 6.30. The lowest BCUT2D eigenvalue weighted by molar-refractivity contribution is 0.0924. The first-order valence-electron chi connectivity index (χ1n) is 6.85. The Labute approximate surface area is 108 Å². The van der Waals surface area contributed by atoms with Crippen molar-refractivity contribution >= 4 is 11.6 Å². The van der Waals surface area contributed by atoms with Crippen LogP contribution in [-0.2, 0) is 0 Å². The molecule has 2 aliphatic carbocycles. The first-order valence-corrected chi connectivity index (χ1v) is 6.85. The molecule has 18 heavy (non-hydrogen) atoms. The van der Waals surface area contributed by atoms with Gasteiger partial charge in [0.2, 0.25) is 0 Å². The summed E-state index contributed by atoms with van der Waals surface area (Å²) in [7, 11) is 1.85. The first-order chi connectivity index (χ1) is 8.78. The zero-order valence-corrected chi connectivity index (χ0v) is 10.8. The van der Waals surface area contributed by atoms with E-state index >= 15 is 0 Å². The minimum absolute atomic E-state index is 0.0671. The van der Waals surface area contributed by atoms with E-state index in [0.29, 0.717) is 6.04 Å².